The zero-order chi connectivity index (χ0) is 18.0. The SMILES string of the molecule is COc1ccccc1C1CNCCN1Cc1cn(C)c(=O)n(C)c1=O.Cl. The van der Waals surface area contributed by atoms with Gasteiger partial charge in [-0.15, -0.1) is 12.4 Å². The molecule has 0 saturated carbocycles. The zero-order valence-electron chi connectivity index (χ0n) is 15.3. The van der Waals surface area contributed by atoms with Crippen molar-refractivity contribution in [2.45, 2.75) is 12.6 Å². The summed E-state index contributed by atoms with van der Waals surface area (Å²) in [6.45, 7) is 2.95. The van der Waals surface area contributed by atoms with Crippen molar-refractivity contribution in [1.29, 1.82) is 0 Å². The first-order valence-electron chi connectivity index (χ1n) is 8.36. The monoisotopic (exact) mass is 380 g/mol. The van der Waals surface area contributed by atoms with Crippen LogP contribution in [0.4, 0.5) is 0 Å². The highest BCUT2D eigenvalue weighted by Crippen LogP contribution is 2.30. The second-order valence-electron chi connectivity index (χ2n) is 6.34. The van der Waals surface area contributed by atoms with Crippen LogP contribution in [0.15, 0.2) is 40.1 Å². The van der Waals surface area contributed by atoms with E-state index < -0.39 is 0 Å². The van der Waals surface area contributed by atoms with E-state index in [0.717, 1.165) is 35.5 Å². The number of aromatic nitrogens is 2. The summed E-state index contributed by atoms with van der Waals surface area (Å²) in [4.78, 5) is 26.6. The lowest BCUT2D eigenvalue weighted by Crippen LogP contribution is -2.47. The fourth-order valence-electron chi connectivity index (χ4n) is 3.39. The minimum absolute atomic E-state index is 0. The van der Waals surface area contributed by atoms with Crippen molar-refractivity contribution in [1.82, 2.24) is 19.4 Å². The van der Waals surface area contributed by atoms with Crippen LogP contribution in [-0.4, -0.2) is 40.8 Å². The van der Waals surface area contributed by atoms with Gasteiger partial charge in [0.2, 0.25) is 0 Å². The maximum absolute atomic E-state index is 12.5. The predicted molar refractivity (Wildman–Crippen MR) is 103 cm³/mol. The number of methoxy groups -OCH3 is 1. The molecule has 1 atom stereocenters. The quantitative estimate of drug-likeness (QED) is 0.844. The largest absolute Gasteiger partial charge is 0.496 e. The molecular formula is C18H25ClN4O3. The van der Waals surface area contributed by atoms with Crippen LogP contribution in [0.1, 0.15) is 17.2 Å². The van der Waals surface area contributed by atoms with Gasteiger partial charge in [0.15, 0.2) is 0 Å². The molecule has 1 aliphatic heterocycles. The third-order valence-electron chi connectivity index (χ3n) is 4.74. The molecule has 0 bridgehead atoms. The Morgan fingerprint density at radius 1 is 1.23 bits per heavy atom. The molecule has 0 spiro atoms. The maximum Gasteiger partial charge on any atom is 0.330 e. The molecule has 1 unspecified atom stereocenters. The first kappa shape index (κ1) is 20.2. The van der Waals surface area contributed by atoms with Crippen LogP contribution in [0.5, 0.6) is 5.75 Å². The molecular weight excluding hydrogens is 356 g/mol. The standard InChI is InChI=1S/C18H24N4O3.ClH/c1-20-11-13(17(23)21(2)18(20)24)12-22-9-8-19-10-15(22)14-6-4-5-7-16(14)25-3;/h4-7,11,15,19H,8-10,12H2,1-3H3;1H. The summed E-state index contributed by atoms with van der Waals surface area (Å²) >= 11 is 0. The van der Waals surface area contributed by atoms with Gasteiger partial charge in [0.25, 0.3) is 5.56 Å². The van der Waals surface area contributed by atoms with Crippen LogP contribution < -0.4 is 21.3 Å². The van der Waals surface area contributed by atoms with Crippen molar-refractivity contribution in [3.63, 3.8) is 0 Å². The fraction of sp³-hybridized carbons (Fsp3) is 0.444. The average molecular weight is 381 g/mol. The first-order chi connectivity index (χ1) is 12.0. The Kier molecular flexibility index (Phi) is 6.63. The Hall–Kier alpha value is -2.09. The molecule has 0 radical (unpaired) electrons. The second kappa shape index (κ2) is 8.53. The van der Waals surface area contributed by atoms with Gasteiger partial charge in [-0.25, -0.2) is 4.79 Å². The van der Waals surface area contributed by atoms with E-state index >= 15 is 0 Å². The van der Waals surface area contributed by atoms with Crippen molar-refractivity contribution >= 4 is 12.4 Å². The maximum atomic E-state index is 12.5. The number of nitrogens with zero attached hydrogens (tertiary/aromatic N) is 3. The molecule has 2 heterocycles. The molecule has 7 nitrogen and oxygen atoms in total. The van der Waals surface area contributed by atoms with Crippen LogP contribution in [0, 0.1) is 0 Å². The third-order valence-corrected chi connectivity index (χ3v) is 4.74. The Bertz CT molecular complexity index is 877. The van der Waals surface area contributed by atoms with E-state index in [1.54, 1.807) is 20.4 Å². The number of piperazine rings is 1. The number of nitrogens with one attached hydrogen (secondary N) is 1. The number of rotatable bonds is 4. The van der Waals surface area contributed by atoms with Crippen LogP contribution >= 0.6 is 12.4 Å². The van der Waals surface area contributed by atoms with Crippen LogP contribution in [-0.2, 0) is 20.6 Å². The van der Waals surface area contributed by atoms with Crippen molar-refractivity contribution in [3.8, 4) is 5.75 Å². The van der Waals surface area contributed by atoms with Crippen LogP contribution in [0.2, 0.25) is 0 Å². The molecule has 1 aromatic carbocycles. The summed E-state index contributed by atoms with van der Waals surface area (Å²) in [6, 6.07) is 8.06. The van der Waals surface area contributed by atoms with E-state index in [1.165, 1.54) is 11.6 Å². The Morgan fingerprint density at radius 3 is 2.69 bits per heavy atom. The van der Waals surface area contributed by atoms with Gasteiger partial charge in [-0.05, 0) is 6.07 Å². The Balaban J connectivity index is 0.00000243. The molecule has 0 aliphatic carbocycles. The zero-order valence-corrected chi connectivity index (χ0v) is 16.1. The van der Waals surface area contributed by atoms with Gasteiger partial charge >= 0.3 is 5.69 Å². The average Bonchev–Trinajstić information content (AvgIpc) is 2.64. The minimum atomic E-state index is -0.310. The molecule has 3 rings (SSSR count). The molecule has 1 N–H and O–H groups in total. The van der Waals surface area contributed by atoms with E-state index in [-0.39, 0.29) is 29.7 Å². The normalized spacial score (nSPS) is 17.6. The molecule has 142 valence electrons. The van der Waals surface area contributed by atoms with Gasteiger partial charge in [-0.2, -0.15) is 0 Å². The second-order valence-corrected chi connectivity index (χ2v) is 6.34. The van der Waals surface area contributed by atoms with Gasteiger partial charge in [0, 0.05) is 57.6 Å². The highest BCUT2D eigenvalue weighted by Gasteiger charge is 2.27. The highest BCUT2D eigenvalue weighted by molar-refractivity contribution is 5.85. The van der Waals surface area contributed by atoms with Crippen LogP contribution in [0.25, 0.3) is 0 Å². The highest BCUT2D eigenvalue weighted by atomic mass is 35.5. The van der Waals surface area contributed by atoms with Crippen molar-refractivity contribution < 1.29 is 4.74 Å². The Labute approximate surface area is 158 Å². The summed E-state index contributed by atoms with van der Waals surface area (Å²) in [5.41, 5.74) is 1.17. The van der Waals surface area contributed by atoms with E-state index in [2.05, 4.69) is 16.3 Å². The minimum Gasteiger partial charge on any atom is -0.496 e. The predicted octanol–water partition coefficient (Wildman–Crippen LogP) is 0.661. The molecule has 26 heavy (non-hydrogen) atoms. The molecule has 1 aromatic heterocycles. The smallest absolute Gasteiger partial charge is 0.330 e. The number of ether oxygens (including phenoxy) is 1. The number of halogens is 1. The number of hydrogen-bond acceptors (Lipinski definition) is 5. The third kappa shape index (κ3) is 3.85. The lowest BCUT2D eigenvalue weighted by Gasteiger charge is -2.37. The number of para-hydroxylation sites is 1. The summed E-state index contributed by atoms with van der Waals surface area (Å²) in [5.74, 6) is 0.842. The molecule has 1 fully saturated rings. The van der Waals surface area contributed by atoms with Crippen molar-refractivity contribution in [2.24, 2.45) is 14.1 Å². The summed E-state index contributed by atoms with van der Waals surface area (Å²) in [6.07, 6.45) is 1.64. The topological polar surface area (TPSA) is 68.5 Å². The fourth-order valence-corrected chi connectivity index (χ4v) is 3.39. The summed E-state index contributed by atoms with van der Waals surface area (Å²) < 4.78 is 8.13. The Morgan fingerprint density at radius 2 is 1.96 bits per heavy atom. The summed E-state index contributed by atoms with van der Waals surface area (Å²) in [7, 11) is 4.85. The van der Waals surface area contributed by atoms with Gasteiger partial charge in [0.05, 0.1) is 13.2 Å². The van der Waals surface area contributed by atoms with Gasteiger partial charge in [0.1, 0.15) is 5.75 Å². The van der Waals surface area contributed by atoms with Crippen molar-refractivity contribution in [2.75, 3.05) is 26.7 Å². The van der Waals surface area contributed by atoms with E-state index in [1.807, 2.05) is 18.2 Å². The van der Waals surface area contributed by atoms with Gasteiger partial charge in [-0.1, -0.05) is 18.2 Å². The molecule has 1 saturated heterocycles. The first-order valence-corrected chi connectivity index (χ1v) is 8.36. The van der Waals surface area contributed by atoms with Gasteiger partial charge < -0.3 is 14.6 Å². The van der Waals surface area contributed by atoms with E-state index in [0.29, 0.717) is 12.1 Å². The van der Waals surface area contributed by atoms with E-state index in [4.69, 9.17) is 4.74 Å². The number of aryl methyl sites for hydroxylation is 1. The van der Waals surface area contributed by atoms with Crippen molar-refractivity contribution in [3.05, 3.63) is 62.4 Å². The lowest BCUT2D eigenvalue weighted by molar-refractivity contribution is 0.150. The van der Waals surface area contributed by atoms with Gasteiger partial charge in [-0.3, -0.25) is 14.3 Å². The molecule has 0 amide bonds. The molecule has 1 aliphatic rings. The molecule has 2 aromatic rings. The molecule has 8 heteroatoms. The number of benzene rings is 1. The lowest BCUT2D eigenvalue weighted by atomic mass is 10.0. The van der Waals surface area contributed by atoms with Crippen LogP contribution in [0.3, 0.4) is 0 Å². The van der Waals surface area contributed by atoms with E-state index in [9.17, 15) is 9.59 Å². The summed E-state index contributed by atoms with van der Waals surface area (Å²) in [5, 5.41) is 3.41. The number of hydrogen-bond donors (Lipinski definition) is 1.